The standard InChI is InChI=1S/C9H10O2.C5H8/c1-8(10)11-7-9-5-3-2-4-6-9;1-2-4-5-3-1/h2-6H,7H2,1H3;1-2H,3-5H2. The van der Waals surface area contributed by atoms with Crippen LogP contribution in [0, 0.1) is 0 Å². The first-order valence-corrected chi connectivity index (χ1v) is 5.61. The first-order valence-electron chi connectivity index (χ1n) is 5.61. The molecule has 0 atom stereocenters. The number of rotatable bonds is 2. The van der Waals surface area contributed by atoms with Crippen LogP contribution in [0.3, 0.4) is 0 Å². The molecule has 1 aromatic carbocycles. The fourth-order valence-electron chi connectivity index (χ4n) is 1.35. The van der Waals surface area contributed by atoms with Crippen LogP contribution in [-0.4, -0.2) is 5.97 Å². The van der Waals surface area contributed by atoms with Gasteiger partial charge in [-0.15, -0.1) is 0 Å². The zero-order valence-corrected chi connectivity index (χ0v) is 9.69. The van der Waals surface area contributed by atoms with Gasteiger partial charge in [-0.05, 0) is 24.8 Å². The molecule has 0 radical (unpaired) electrons. The molecule has 0 bridgehead atoms. The van der Waals surface area contributed by atoms with Crippen molar-refractivity contribution < 1.29 is 9.53 Å². The lowest BCUT2D eigenvalue weighted by Gasteiger charge is -1.99. The third-order valence-corrected chi connectivity index (χ3v) is 2.19. The van der Waals surface area contributed by atoms with Gasteiger partial charge in [0.15, 0.2) is 0 Å². The van der Waals surface area contributed by atoms with Crippen molar-refractivity contribution in [1.82, 2.24) is 0 Å². The van der Waals surface area contributed by atoms with Crippen LogP contribution < -0.4 is 0 Å². The van der Waals surface area contributed by atoms with Crippen LogP contribution in [-0.2, 0) is 16.1 Å². The maximum Gasteiger partial charge on any atom is 0.302 e. The Bertz CT molecular complexity index is 322. The molecule has 86 valence electrons. The zero-order chi connectivity index (χ0) is 11.6. The molecule has 0 unspecified atom stereocenters. The molecule has 16 heavy (non-hydrogen) atoms. The number of esters is 1. The smallest absolute Gasteiger partial charge is 0.302 e. The fraction of sp³-hybridized carbons (Fsp3) is 0.357. The first-order chi connectivity index (χ1) is 7.79. The summed E-state index contributed by atoms with van der Waals surface area (Å²) in [5.74, 6) is -0.242. The molecule has 0 saturated carbocycles. The normalized spacial score (nSPS) is 12.8. The zero-order valence-electron chi connectivity index (χ0n) is 9.69. The van der Waals surface area contributed by atoms with E-state index in [4.69, 9.17) is 4.74 Å². The molecule has 2 heteroatoms. The number of carbonyl (C=O) groups is 1. The lowest BCUT2D eigenvalue weighted by atomic mass is 10.2. The first kappa shape index (κ1) is 12.5. The largest absolute Gasteiger partial charge is 0.461 e. The summed E-state index contributed by atoms with van der Waals surface area (Å²) in [6.45, 7) is 1.78. The predicted octanol–water partition coefficient (Wildman–Crippen LogP) is 3.48. The van der Waals surface area contributed by atoms with Crippen molar-refractivity contribution in [2.75, 3.05) is 0 Å². The maximum atomic E-state index is 10.4. The summed E-state index contributed by atoms with van der Waals surface area (Å²) in [7, 11) is 0. The fourth-order valence-corrected chi connectivity index (χ4v) is 1.35. The van der Waals surface area contributed by atoms with Crippen LogP contribution >= 0.6 is 0 Å². The van der Waals surface area contributed by atoms with Gasteiger partial charge >= 0.3 is 5.97 Å². The summed E-state index contributed by atoms with van der Waals surface area (Å²) in [4.78, 5) is 10.4. The number of carbonyl (C=O) groups excluding carboxylic acids is 1. The highest BCUT2D eigenvalue weighted by molar-refractivity contribution is 5.65. The number of hydrogen-bond donors (Lipinski definition) is 0. The number of allylic oxidation sites excluding steroid dienone is 2. The highest BCUT2D eigenvalue weighted by Crippen LogP contribution is 2.05. The maximum absolute atomic E-state index is 10.4. The number of benzene rings is 1. The van der Waals surface area contributed by atoms with Crippen LogP contribution in [0.4, 0.5) is 0 Å². The summed E-state index contributed by atoms with van der Waals surface area (Å²) in [5, 5.41) is 0. The molecule has 1 aromatic rings. The van der Waals surface area contributed by atoms with E-state index in [1.54, 1.807) is 0 Å². The van der Waals surface area contributed by atoms with Gasteiger partial charge in [-0.3, -0.25) is 4.79 Å². The van der Waals surface area contributed by atoms with E-state index in [1.807, 2.05) is 30.3 Å². The molecular formula is C14H18O2. The lowest BCUT2D eigenvalue weighted by molar-refractivity contribution is -0.142. The Morgan fingerprint density at radius 2 is 1.81 bits per heavy atom. The Morgan fingerprint density at radius 3 is 2.25 bits per heavy atom. The van der Waals surface area contributed by atoms with Crippen molar-refractivity contribution in [2.45, 2.75) is 32.8 Å². The monoisotopic (exact) mass is 218 g/mol. The Balaban J connectivity index is 0.000000212. The average Bonchev–Trinajstić information content (AvgIpc) is 2.86. The molecule has 2 nitrogen and oxygen atoms in total. The van der Waals surface area contributed by atoms with Crippen molar-refractivity contribution in [3.63, 3.8) is 0 Å². The van der Waals surface area contributed by atoms with Gasteiger partial charge in [-0.2, -0.15) is 0 Å². The Kier molecular flexibility index (Phi) is 6.00. The second-order valence-electron chi connectivity index (χ2n) is 3.67. The summed E-state index contributed by atoms with van der Waals surface area (Å²) in [5.41, 5.74) is 1.02. The molecule has 0 fully saturated rings. The minimum absolute atomic E-state index is 0.242. The summed E-state index contributed by atoms with van der Waals surface area (Å²) < 4.78 is 4.79. The highest BCUT2D eigenvalue weighted by atomic mass is 16.5. The average molecular weight is 218 g/mol. The Morgan fingerprint density at radius 1 is 1.19 bits per heavy atom. The summed E-state index contributed by atoms with van der Waals surface area (Å²) >= 11 is 0. The van der Waals surface area contributed by atoms with E-state index >= 15 is 0 Å². The second-order valence-corrected chi connectivity index (χ2v) is 3.67. The van der Waals surface area contributed by atoms with Crippen LogP contribution in [0.15, 0.2) is 42.5 Å². The Labute approximate surface area is 96.9 Å². The van der Waals surface area contributed by atoms with Gasteiger partial charge in [0.05, 0.1) is 0 Å². The van der Waals surface area contributed by atoms with Crippen LogP contribution in [0.2, 0.25) is 0 Å². The van der Waals surface area contributed by atoms with Crippen LogP contribution in [0.1, 0.15) is 31.7 Å². The molecular weight excluding hydrogens is 200 g/mol. The molecule has 1 aliphatic rings. The van der Waals surface area contributed by atoms with E-state index in [0.29, 0.717) is 6.61 Å². The molecule has 0 amide bonds. The topological polar surface area (TPSA) is 26.3 Å². The summed E-state index contributed by atoms with van der Waals surface area (Å²) in [6.07, 6.45) is 8.50. The minimum atomic E-state index is -0.242. The van der Waals surface area contributed by atoms with E-state index in [9.17, 15) is 4.79 Å². The van der Waals surface area contributed by atoms with Crippen molar-refractivity contribution in [1.29, 1.82) is 0 Å². The molecule has 0 heterocycles. The minimum Gasteiger partial charge on any atom is -0.461 e. The molecule has 0 saturated heterocycles. The van der Waals surface area contributed by atoms with Crippen molar-refractivity contribution in [3.05, 3.63) is 48.0 Å². The molecule has 2 rings (SSSR count). The molecule has 0 N–H and O–H groups in total. The van der Waals surface area contributed by atoms with Gasteiger partial charge in [0, 0.05) is 6.92 Å². The Hall–Kier alpha value is -1.57. The van der Waals surface area contributed by atoms with E-state index in [0.717, 1.165) is 5.56 Å². The van der Waals surface area contributed by atoms with Gasteiger partial charge in [0.25, 0.3) is 0 Å². The molecule has 1 aliphatic carbocycles. The molecule has 0 aromatic heterocycles. The van der Waals surface area contributed by atoms with Crippen LogP contribution in [0.5, 0.6) is 0 Å². The predicted molar refractivity (Wildman–Crippen MR) is 64.9 cm³/mol. The number of hydrogen-bond acceptors (Lipinski definition) is 2. The van der Waals surface area contributed by atoms with Gasteiger partial charge in [0.2, 0.25) is 0 Å². The number of ether oxygens (including phenoxy) is 1. The van der Waals surface area contributed by atoms with Crippen molar-refractivity contribution >= 4 is 5.97 Å². The lowest BCUT2D eigenvalue weighted by Crippen LogP contribution is -1.97. The molecule has 0 spiro atoms. The third-order valence-electron chi connectivity index (χ3n) is 2.19. The van der Waals surface area contributed by atoms with Gasteiger partial charge < -0.3 is 4.74 Å². The van der Waals surface area contributed by atoms with Gasteiger partial charge in [-0.25, -0.2) is 0 Å². The van der Waals surface area contributed by atoms with E-state index in [-0.39, 0.29) is 5.97 Å². The molecule has 0 aliphatic heterocycles. The van der Waals surface area contributed by atoms with Crippen LogP contribution in [0.25, 0.3) is 0 Å². The SMILES string of the molecule is C1=CCCC1.CC(=O)OCc1ccccc1. The van der Waals surface area contributed by atoms with Crippen molar-refractivity contribution in [2.24, 2.45) is 0 Å². The summed E-state index contributed by atoms with van der Waals surface area (Å²) in [6, 6.07) is 9.60. The van der Waals surface area contributed by atoms with Gasteiger partial charge in [0.1, 0.15) is 6.61 Å². The van der Waals surface area contributed by atoms with Crippen molar-refractivity contribution in [3.8, 4) is 0 Å². The van der Waals surface area contributed by atoms with E-state index in [2.05, 4.69) is 12.2 Å². The van der Waals surface area contributed by atoms with Gasteiger partial charge in [-0.1, -0.05) is 42.5 Å². The highest BCUT2D eigenvalue weighted by Gasteiger charge is 1.93. The van der Waals surface area contributed by atoms with E-state index < -0.39 is 0 Å². The second kappa shape index (κ2) is 7.69. The van der Waals surface area contributed by atoms with E-state index in [1.165, 1.54) is 26.2 Å². The quantitative estimate of drug-likeness (QED) is 0.561. The third kappa shape index (κ3) is 6.02.